The fraction of sp³-hybridized carbons (Fsp3) is 0.462. The van der Waals surface area contributed by atoms with Crippen LogP contribution in [0.1, 0.15) is 17.3 Å². The average molecular weight is 268 g/mol. The zero-order valence-electron chi connectivity index (χ0n) is 10.6. The molecular formula is C13H17FN2OS. The minimum atomic E-state index is -0.271. The third kappa shape index (κ3) is 2.84. The largest absolute Gasteiger partial charge is 0.336 e. The maximum atomic E-state index is 13.4. The molecule has 1 amide bonds. The molecule has 1 aliphatic rings. The summed E-state index contributed by atoms with van der Waals surface area (Å²) in [5.41, 5.74) is 0.565. The molecule has 18 heavy (non-hydrogen) atoms. The topological polar surface area (TPSA) is 32.3 Å². The number of nitrogens with zero attached hydrogens (tertiary/aromatic N) is 1. The molecular weight excluding hydrogens is 251 g/mol. The SMILES string of the molecule is CSc1cc(C(=O)N2CCN[C@H](C)C2)ccc1F. The van der Waals surface area contributed by atoms with Gasteiger partial charge >= 0.3 is 0 Å². The first-order chi connectivity index (χ1) is 8.61. The fourth-order valence-electron chi connectivity index (χ4n) is 2.09. The maximum absolute atomic E-state index is 13.4. The van der Waals surface area contributed by atoms with Gasteiger partial charge in [-0.05, 0) is 31.4 Å². The molecule has 2 rings (SSSR count). The Balaban J connectivity index is 2.17. The molecule has 0 unspecified atom stereocenters. The van der Waals surface area contributed by atoms with Crippen molar-refractivity contribution in [2.45, 2.75) is 17.9 Å². The summed E-state index contributed by atoms with van der Waals surface area (Å²) in [4.78, 5) is 14.6. The quantitative estimate of drug-likeness (QED) is 0.833. The first-order valence-corrected chi connectivity index (χ1v) is 7.20. The molecule has 98 valence electrons. The zero-order chi connectivity index (χ0) is 13.1. The Bertz CT molecular complexity index is 453. The van der Waals surface area contributed by atoms with Crippen LogP contribution in [0.3, 0.4) is 0 Å². The van der Waals surface area contributed by atoms with Crippen molar-refractivity contribution in [3.8, 4) is 0 Å². The van der Waals surface area contributed by atoms with E-state index < -0.39 is 0 Å². The second-order valence-electron chi connectivity index (χ2n) is 4.46. The molecule has 0 aliphatic carbocycles. The van der Waals surface area contributed by atoms with E-state index in [1.165, 1.54) is 17.8 Å². The molecule has 0 bridgehead atoms. The van der Waals surface area contributed by atoms with Gasteiger partial charge in [-0.3, -0.25) is 4.79 Å². The van der Waals surface area contributed by atoms with Gasteiger partial charge in [0.05, 0.1) is 0 Å². The maximum Gasteiger partial charge on any atom is 0.253 e. The number of benzene rings is 1. The lowest BCUT2D eigenvalue weighted by Gasteiger charge is -2.32. The van der Waals surface area contributed by atoms with Crippen molar-refractivity contribution in [1.82, 2.24) is 10.2 Å². The van der Waals surface area contributed by atoms with Crippen molar-refractivity contribution in [2.75, 3.05) is 25.9 Å². The molecule has 0 aromatic heterocycles. The summed E-state index contributed by atoms with van der Waals surface area (Å²) in [7, 11) is 0. The Hall–Kier alpha value is -1.07. The molecule has 0 saturated carbocycles. The number of carbonyl (C=O) groups excluding carboxylic acids is 1. The van der Waals surface area contributed by atoms with Gasteiger partial charge in [0.2, 0.25) is 0 Å². The monoisotopic (exact) mass is 268 g/mol. The van der Waals surface area contributed by atoms with Gasteiger partial charge in [0.15, 0.2) is 0 Å². The Morgan fingerprint density at radius 2 is 2.33 bits per heavy atom. The predicted molar refractivity (Wildman–Crippen MR) is 71.5 cm³/mol. The molecule has 3 nitrogen and oxygen atoms in total. The van der Waals surface area contributed by atoms with Crippen molar-refractivity contribution in [3.63, 3.8) is 0 Å². The van der Waals surface area contributed by atoms with E-state index in [1.54, 1.807) is 18.4 Å². The standard InChI is InChI=1S/C13H17FN2OS/c1-9-8-16(6-5-15-9)13(17)10-3-4-11(14)12(7-10)18-2/h3-4,7,9,15H,5-6,8H2,1-2H3/t9-/m1/s1. The molecule has 1 fully saturated rings. The third-order valence-corrected chi connectivity index (χ3v) is 3.81. The van der Waals surface area contributed by atoms with Gasteiger partial charge < -0.3 is 10.2 Å². The number of carbonyl (C=O) groups is 1. The number of nitrogens with one attached hydrogen (secondary N) is 1. The van der Waals surface area contributed by atoms with Gasteiger partial charge in [0, 0.05) is 36.1 Å². The van der Waals surface area contributed by atoms with Crippen molar-refractivity contribution in [1.29, 1.82) is 0 Å². The number of thioether (sulfide) groups is 1. The van der Waals surface area contributed by atoms with Crippen LogP contribution in [0.5, 0.6) is 0 Å². The van der Waals surface area contributed by atoms with E-state index in [1.807, 2.05) is 4.90 Å². The predicted octanol–water partition coefficient (Wildman–Crippen LogP) is 1.98. The van der Waals surface area contributed by atoms with E-state index in [2.05, 4.69) is 12.2 Å². The molecule has 0 spiro atoms. The lowest BCUT2D eigenvalue weighted by Crippen LogP contribution is -2.51. The minimum Gasteiger partial charge on any atom is -0.336 e. The summed E-state index contributed by atoms with van der Waals surface area (Å²) in [6.07, 6.45) is 1.81. The van der Waals surface area contributed by atoms with Crippen molar-refractivity contribution >= 4 is 17.7 Å². The van der Waals surface area contributed by atoms with Gasteiger partial charge in [-0.2, -0.15) is 0 Å². The van der Waals surface area contributed by atoms with Gasteiger partial charge in [-0.25, -0.2) is 4.39 Å². The van der Waals surface area contributed by atoms with Crippen LogP contribution in [0.25, 0.3) is 0 Å². The number of hydrogen-bond donors (Lipinski definition) is 1. The van der Waals surface area contributed by atoms with E-state index in [0.717, 1.165) is 6.54 Å². The Kier molecular flexibility index (Phi) is 4.24. The highest BCUT2D eigenvalue weighted by molar-refractivity contribution is 7.98. The number of halogens is 1. The van der Waals surface area contributed by atoms with Crippen LogP contribution in [-0.2, 0) is 0 Å². The summed E-state index contributed by atoms with van der Waals surface area (Å²) < 4.78 is 13.4. The lowest BCUT2D eigenvalue weighted by molar-refractivity contribution is 0.0708. The first kappa shape index (κ1) is 13.4. The molecule has 1 aromatic carbocycles. The molecule has 1 N–H and O–H groups in total. The summed E-state index contributed by atoms with van der Waals surface area (Å²) in [5, 5.41) is 3.29. The van der Waals surface area contributed by atoms with E-state index in [9.17, 15) is 9.18 Å². The van der Waals surface area contributed by atoms with Gasteiger partial charge in [-0.1, -0.05) is 0 Å². The number of hydrogen-bond acceptors (Lipinski definition) is 3. The summed E-state index contributed by atoms with van der Waals surface area (Å²) >= 11 is 1.32. The van der Waals surface area contributed by atoms with Crippen LogP contribution in [-0.4, -0.2) is 42.7 Å². The van der Waals surface area contributed by atoms with Crippen LogP contribution < -0.4 is 5.32 Å². The van der Waals surface area contributed by atoms with Crippen molar-refractivity contribution in [2.24, 2.45) is 0 Å². The summed E-state index contributed by atoms with van der Waals surface area (Å²) in [6.45, 7) is 4.26. The molecule has 1 aromatic rings. The van der Waals surface area contributed by atoms with Crippen LogP contribution in [0.15, 0.2) is 23.1 Å². The number of piperazine rings is 1. The summed E-state index contributed by atoms with van der Waals surface area (Å²) in [5.74, 6) is -0.286. The third-order valence-electron chi connectivity index (χ3n) is 3.05. The first-order valence-electron chi connectivity index (χ1n) is 5.98. The van der Waals surface area contributed by atoms with Crippen molar-refractivity contribution in [3.05, 3.63) is 29.6 Å². The van der Waals surface area contributed by atoms with Crippen LogP contribution in [0.2, 0.25) is 0 Å². The highest BCUT2D eigenvalue weighted by atomic mass is 32.2. The van der Waals surface area contributed by atoms with Crippen LogP contribution in [0.4, 0.5) is 4.39 Å². The van der Waals surface area contributed by atoms with Crippen LogP contribution >= 0.6 is 11.8 Å². The zero-order valence-corrected chi connectivity index (χ0v) is 11.4. The minimum absolute atomic E-state index is 0.0151. The van der Waals surface area contributed by atoms with E-state index >= 15 is 0 Å². The van der Waals surface area contributed by atoms with E-state index in [0.29, 0.717) is 29.6 Å². The lowest BCUT2D eigenvalue weighted by atomic mass is 10.1. The number of rotatable bonds is 2. The normalized spacial score (nSPS) is 19.9. The van der Waals surface area contributed by atoms with Gasteiger partial charge in [-0.15, -0.1) is 11.8 Å². The Labute approximate surface area is 111 Å². The average Bonchev–Trinajstić information content (AvgIpc) is 2.38. The second-order valence-corrected chi connectivity index (χ2v) is 5.30. The summed E-state index contributed by atoms with van der Waals surface area (Å²) in [6, 6.07) is 4.87. The van der Waals surface area contributed by atoms with E-state index in [-0.39, 0.29) is 11.7 Å². The highest BCUT2D eigenvalue weighted by Crippen LogP contribution is 2.21. The number of amides is 1. The molecule has 1 aliphatic heterocycles. The molecule has 5 heteroatoms. The van der Waals surface area contributed by atoms with Crippen molar-refractivity contribution < 1.29 is 9.18 Å². The molecule has 1 atom stereocenters. The second kappa shape index (κ2) is 5.71. The molecule has 1 heterocycles. The smallest absolute Gasteiger partial charge is 0.253 e. The van der Waals surface area contributed by atoms with Crippen LogP contribution in [0, 0.1) is 5.82 Å². The molecule has 0 radical (unpaired) electrons. The fourth-order valence-corrected chi connectivity index (χ4v) is 2.60. The Morgan fingerprint density at radius 3 is 3.00 bits per heavy atom. The molecule has 1 saturated heterocycles. The van der Waals surface area contributed by atoms with E-state index in [4.69, 9.17) is 0 Å². The Morgan fingerprint density at radius 1 is 1.56 bits per heavy atom. The van der Waals surface area contributed by atoms with Gasteiger partial charge in [0.25, 0.3) is 5.91 Å². The highest BCUT2D eigenvalue weighted by Gasteiger charge is 2.22. The van der Waals surface area contributed by atoms with Gasteiger partial charge in [0.1, 0.15) is 5.82 Å².